The van der Waals surface area contributed by atoms with Crippen molar-refractivity contribution in [2.24, 2.45) is 0 Å². The molecule has 1 aliphatic rings. The Morgan fingerprint density at radius 1 is 1.16 bits per heavy atom. The molecule has 0 spiro atoms. The van der Waals surface area contributed by atoms with Crippen LogP contribution in [0.1, 0.15) is 26.4 Å². The van der Waals surface area contributed by atoms with Crippen molar-refractivity contribution in [3.8, 4) is 5.75 Å². The Bertz CT molecular complexity index is 782. The van der Waals surface area contributed by atoms with E-state index in [1.165, 1.54) is 12.3 Å². The van der Waals surface area contributed by atoms with Gasteiger partial charge in [-0.05, 0) is 36.2 Å². The fourth-order valence-corrected chi connectivity index (χ4v) is 2.60. The van der Waals surface area contributed by atoms with Crippen LogP contribution in [0.5, 0.6) is 5.75 Å². The summed E-state index contributed by atoms with van der Waals surface area (Å²) in [5.74, 6) is -0.639. The summed E-state index contributed by atoms with van der Waals surface area (Å²) in [6, 6.07) is 10.7. The molecule has 0 aliphatic carbocycles. The average Bonchev–Trinajstić information content (AvgIpc) is 2.88. The molecule has 1 aromatic heterocycles. The van der Waals surface area contributed by atoms with Crippen molar-refractivity contribution in [2.45, 2.75) is 6.42 Å². The van der Waals surface area contributed by atoms with E-state index in [2.05, 4.69) is 10.3 Å². The predicted molar refractivity (Wildman–Crippen MR) is 89.3 cm³/mol. The molecular weight excluding hydrogens is 322 g/mol. The Kier molecular flexibility index (Phi) is 4.74. The Hall–Kier alpha value is -3.22. The van der Waals surface area contributed by atoms with Gasteiger partial charge in [-0.2, -0.15) is 0 Å². The zero-order valence-electron chi connectivity index (χ0n) is 13.7. The van der Waals surface area contributed by atoms with Gasteiger partial charge in [0.25, 0.3) is 11.8 Å². The predicted octanol–water partition coefficient (Wildman–Crippen LogP) is 1.05. The van der Waals surface area contributed by atoms with Crippen LogP contribution in [0.2, 0.25) is 0 Å². The molecule has 3 rings (SSSR count). The van der Waals surface area contributed by atoms with Crippen LogP contribution in [0.15, 0.2) is 42.6 Å². The van der Waals surface area contributed by atoms with Crippen LogP contribution in [0.3, 0.4) is 0 Å². The average molecular weight is 339 g/mol. The van der Waals surface area contributed by atoms with E-state index in [1.54, 1.807) is 13.2 Å². The SMILES string of the molecule is COc1ccc(CCNC(=O)CN2C(=O)c3cccnc3C2=O)cc1. The number of fused-ring (bicyclic) bond motifs is 1. The summed E-state index contributed by atoms with van der Waals surface area (Å²) in [6.07, 6.45) is 2.09. The van der Waals surface area contributed by atoms with E-state index in [-0.39, 0.29) is 23.7 Å². The van der Waals surface area contributed by atoms with Gasteiger partial charge in [-0.15, -0.1) is 0 Å². The second-order valence-electron chi connectivity index (χ2n) is 5.54. The topological polar surface area (TPSA) is 88.6 Å². The Morgan fingerprint density at radius 2 is 1.92 bits per heavy atom. The monoisotopic (exact) mass is 339 g/mol. The van der Waals surface area contributed by atoms with E-state index in [9.17, 15) is 14.4 Å². The van der Waals surface area contributed by atoms with E-state index < -0.39 is 11.8 Å². The molecule has 0 unspecified atom stereocenters. The van der Waals surface area contributed by atoms with Crippen molar-refractivity contribution in [3.63, 3.8) is 0 Å². The largest absolute Gasteiger partial charge is 0.497 e. The normalized spacial score (nSPS) is 12.9. The summed E-state index contributed by atoms with van der Waals surface area (Å²) in [5.41, 5.74) is 1.38. The first kappa shape index (κ1) is 16.6. The van der Waals surface area contributed by atoms with Gasteiger partial charge in [0.1, 0.15) is 18.0 Å². The van der Waals surface area contributed by atoms with Crippen LogP contribution < -0.4 is 10.1 Å². The van der Waals surface area contributed by atoms with Gasteiger partial charge in [-0.25, -0.2) is 0 Å². The third-order valence-corrected chi connectivity index (χ3v) is 3.93. The maximum atomic E-state index is 12.2. The Morgan fingerprint density at radius 3 is 2.60 bits per heavy atom. The van der Waals surface area contributed by atoms with Crippen LogP contribution in [0.25, 0.3) is 0 Å². The Labute approximate surface area is 144 Å². The van der Waals surface area contributed by atoms with Gasteiger partial charge in [0.15, 0.2) is 0 Å². The van der Waals surface area contributed by atoms with Crippen LogP contribution in [0, 0.1) is 0 Å². The van der Waals surface area contributed by atoms with Gasteiger partial charge in [-0.1, -0.05) is 12.1 Å². The number of carbonyl (C=O) groups is 3. The molecule has 7 nitrogen and oxygen atoms in total. The lowest BCUT2D eigenvalue weighted by molar-refractivity contribution is -0.121. The number of carbonyl (C=O) groups excluding carboxylic acids is 3. The van der Waals surface area contributed by atoms with E-state index in [4.69, 9.17) is 4.74 Å². The van der Waals surface area contributed by atoms with Crippen molar-refractivity contribution in [1.29, 1.82) is 0 Å². The first-order chi connectivity index (χ1) is 12.1. The molecule has 25 heavy (non-hydrogen) atoms. The molecule has 0 radical (unpaired) electrons. The van der Waals surface area contributed by atoms with Crippen LogP contribution in [0.4, 0.5) is 0 Å². The molecule has 3 amide bonds. The van der Waals surface area contributed by atoms with Crippen molar-refractivity contribution in [2.75, 3.05) is 20.2 Å². The zero-order chi connectivity index (χ0) is 17.8. The van der Waals surface area contributed by atoms with Crippen LogP contribution in [-0.2, 0) is 11.2 Å². The lowest BCUT2D eigenvalue weighted by Gasteiger charge is -2.13. The molecule has 7 heteroatoms. The number of methoxy groups -OCH3 is 1. The minimum absolute atomic E-state index is 0.0959. The van der Waals surface area contributed by atoms with E-state index in [1.807, 2.05) is 24.3 Å². The molecule has 1 N–H and O–H groups in total. The molecule has 0 atom stereocenters. The van der Waals surface area contributed by atoms with Crippen molar-refractivity contribution < 1.29 is 19.1 Å². The molecule has 0 fully saturated rings. The number of benzene rings is 1. The van der Waals surface area contributed by atoms with E-state index >= 15 is 0 Å². The highest BCUT2D eigenvalue weighted by Gasteiger charge is 2.37. The second kappa shape index (κ2) is 7.12. The summed E-state index contributed by atoms with van der Waals surface area (Å²) in [5, 5.41) is 2.72. The van der Waals surface area contributed by atoms with Crippen LogP contribution in [-0.4, -0.2) is 47.8 Å². The number of imide groups is 1. The lowest BCUT2D eigenvalue weighted by atomic mass is 10.1. The standard InChI is InChI=1S/C18H17N3O4/c1-25-13-6-4-12(5-7-13)8-10-19-15(22)11-21-17(23)14-3-2-9-20-16(14)18(21)24/h2-7,9H,8,10-11H2,1H3,(H,19,22). The highest BCUT2D eigenvalue weighted by Crippen LogP contribution is 2.19. The molecule has 2 heterocycles. The molecule has 1 aromatic carbocycles. The quantitative estimate of drug-likeness (QED) is 0.795. The van der Waals surface area contributed by atoms with Crippen molar-refractivity contribution in [3.05, 3.63) is 59.4 Å². The molecular formula is C18H17N3O4. The summed E-state index contributed by atoms with van der Waals surface area (Å²) >= 11 is 0. The number of aromatic nitrogens is 1. The minimum atomic E-state index is -0.536. The lowest BCUT2D eigenvalue weighted by Crippen LogP contribution is -2.40. The van der Waals surface area contributed by atoms with Gasteiger partial charge in [-0.3, -0.25) is 24.3 Å². The number of rotatable bonds is 6. The third-order valence-electron chi connectivity index (χ3n) is 3.93. The molecule has 0 saturated heterocycles. The number of pyridine rings is 1. The number of nitrogens with one attached hydrogen (secondary N) is 1. The molecule has 1 aliphatic heterocycles. The molecule has 0 bridgehead atoms. The van der Waals surface area contributed by atoms with Gasteiger partial charge in [0, 0.05) is 12.7 Å². The highest BCUT2D eigenvalue weighted by atomic mass is 16.5. The van der Waals surface area contributed by atoms with Gasteiger partial charge >= 0.3 is 0 Å². The summed E-state index contributed by atoms with van der Waals surface area (Å²) in [6.45, 7) is 0.100. The number of ether oxygens (including phenoxy) is 1. The van der Waals surface area contributed by atoms with Crippen molar-refractivity contribution in [1.82, 2.24) is 15.2 Å². The summed E-state index contributed by atoms with van der Waals surface area (Å²) in [4.78, 5) is 41.2. The van der Waals surface area contributed by atoms with Gasteiger partial charge in [0.2, 0.25) is 5.91 Å². The van der Waals surface area contributed by atoms with Gasteiger partial charge in [0.05, 0.1) is 12.7 Å². The zero-order valence-corrected chi connectivity index (χ0v) is 13.7. The fraction of sp³-hybridized carbons (Fsp3) is 0.222. The summed E-state index contributed by atoms with van der Waals surface area (Å²) in [7, 11) is 1.60. The minimum Gasteiger partial charge on any atom is -0.497 e. The van der Waals surface area contributed by atoms with Crippen molar-refractivity contribution >= 4 is 17.7 Å². The maximum absolute atomic E-state index is 12.2. The highest BCUT2D eigenvalue weighted by molar-refractivity contribution is 6.21. The first-order valence-electron chi connectivity index (χ1n) is 7.81. The van der Waals surface area contributed by atoms with Crippen LogP contribution >= 0.6 is 0 Å². The van der Waals surface area contributed by atoms with E-state index in [0.717, 1.165) is 16.2 Å². The number of amides is 3. The molecule has 0 saturated carbocycles. The first-order valence-corrected chi connectivity index (χ1v) is 7.81. The third kappa shape index (κ3) is 3.50. The second-order valence-corrected chi connectivity index (χ2v) is 5.54. The number of hydrogen-bond donors (Lipinski definition) is 1. The summed E-state index contributed by atoms with van der Waals surface area (Å²) < 4.78 is 5.09. The molecule has 128 valence electrons. The van der Waals surface area contributed by atoms with E-state index in [0.29, 0.717) is 13.0 Å². The Balaban J connectivity index is 1.51. The fourth-order valence-electron chi connectivity index (χ4n) is 2.60. The molecule has 2 aromatic rings. The maximum Gasteiger partial charge on any atom is 0.280 e. The smallest absolute Gasteiger partial charge is 0.280 e. The number of hydrogen-bond acceptors (Lipinski definition) is 5. The number of nitrogens with zero attached hydrogens (tertiary/aromatic N) is 2. The van der Waals surface area contributed by atoms with Gasteiger partial charge < -0.3 is 10.1 Å².